The number of ether oxygens (including phenoxy) is 3. The van der Waals surface area contributed by atoms with E-state index in [9.17, 15) is 10.1 Å². The second-order valence-corrected chi connectivity index (χ2v) is 8.23. The van der Waals surface area contributed by atoms with Gasteiger partial charge in [0, 0.05) is 6.42 Å². The van der Waals surface area contributed by atoms with Crippen molar-refractivity contribution >= 4 is 21.7 Å². The lowest BCUT2D eigenvalue weighted by Crippen LogP contribution is -2.32. The maximum Gasteiger partial charge on any atom is 0.396 e. The summed E-state index contributed by atoms with van der Waals surface area (Å²) in [5.41, 5.74) is 2.29. The molecule has 1 aromatic heterocycles. The van der Waals surface area contributed by atoms with Crippen LogP contribution in [0.25, 0.3) is 0 Å². The van der Waals surface area contributed by atoms with Gasteiger partial charge in [-0.25, -0.2) is 0 Å². The Kier molecular flexibility index (Phi) is 6.24. The number of hydrogen-bond acceptors (Lipinski definition) is 6. The lowest BCUT2D eigenvalue weighted by molar-refractivity contribution is -0.390. The van der Waals surface area contributed by atoms with Crippen LogP contribution in [0.4, 0.5) is 5.82 Å². The Bertz CT molecular complexity index is 1050. The number of aryl methyl sites for hydroxylation is 2. The van der Waals surface area contributed by atoms with Crippen molar-refractivity contribution in [1.82, 2.24) is 9.55 Å². The Morgan fingerprint density at radius 3 is 2.32 bits per heavy atom. The first kappa shape index (κ1) is 21.3. The van der Waals surface area contributed by atoms with Crippen LogP contribution in [0.2, 0.25) is 0 Å². The topological polar surface area (TPSA) is 88.7 Å². The molecule has 2 aromatic carbocycles. The smallest absolute Gasteiger partial charge is 0.396 e. The number of imidazole rings is 1. The van der Waals surface area contributed by atoms with E-state index in [1.165, 1.54) is 6.33 Å². The molecule has 0 aliphatic carbocycles. The van der Waals surface area contributed by atoms with Crippen molar-refractivity contribution in [2.45, 2.75) is 38.7 Å². The molecule has 2 heterocycles. The molecule has 0 saturated carbocycles. The largest absolute Gasteiger partial charge is 0.491 e. The summed E-state index contributed by atoms with van der Waals surface area (Å²) in [6.07, 6.45) is 0.742. The Balaban J connectivity index is 1.52. The summed E-state index contributed by atoms with van der Waals surface area (Å²) in [5, 5.41) is 11.1. The summed E-state index contributed by atoms with van der Waals surface area (Å²) in [6, 6.07) is 15.6. The van der Waals surface area contributed by atoms with Gasteiger partial charge in [-0.2, -0.15) is 0 Å². The van der Waals surface area contributed by atoms with Crippen LogP contribution in [0.1, 0.15) is 23.8 Å². The van der Waals surface area contributed by atoms with Crippen LogP contribution >= 0.6 is 15.9 Å². The van der Waals surface area contributed by atoms with Gasteiger partial charge < -0.3 is 24.3 Å². The van der Waals surface area contributed by atoms with Crippen LogP contribution in [-0.4, -0.2) is 33.3 Å². The third kappa shape index (κ3) is 4.88. The molecule has 0 N–H and O–H groups in total. The summed E-state index contributed by atoms with van der Waals surface area (Å²) < 4.78 is 20.2. The van der Waals surface area contributed by atoms with E-state index >= 15 is 0 Å². The van der Waals surface area contributed by atoms with Gasteiger partial charge in [-0.1, -0.05) is 35.4 Å². The molecular weight excluding hydrogens is 466 g/mol. The van der Waals surface area contributed by atoms with E-state index in [1.807, 2.05) is 62.4 Å². The minimum absolute atomic E-state index is 0.251. The number of benzene rings is 2. The summed E-state index contributed by atoms with van der Waals surface area (Å²) in [4.78, 5) is 14.5. The summed E-state index contributed by atoms with van der Waals surface area (Å²) >= 11 is 3.27. The van der Waals surface area contributed by atoms with Crippen LogP contribution < -0.4 is 9.47 Å². The predicted molar refractivity (Wildman–Crippen MR) is 117 cm³/mol. The van der Waals surface area contributed by atoms with Gasteiger partial charge in [-0.15, -0.1) is 0 Å². The Morgan fingerprint density at radius 2 is 1.74 bits per heavy atom. The molecule has 0 bridgehead atoms. The lowest BCUT2D eigenvalue weighted by atomic mass is 10.1. The molecule has 0 unspecified atom stereocenters. The van der Waals surface area contributed by atoms with Crippen molar-refractivity contribution in [2.24, 2.45) is 0 Å². The van der Waals surface area contributed by atoms with Crippen molar-refractivity contribution in [1.29, 1.82) is 0 Å². The zero-order valence-electron chi connectivity index (χ0n) is 17.1. The van der Waals surface area contributed by atoms with Crippen molar-refractivity contribution in [3.05, 3.63) is 80.7 Å². The molecule has 0 spiro atoms. The van der Waals surface area contributed by atoms with Crippen molar-refractivity contribution in [3.8, 4) is 11.5 Å². The van der Waals surface area contributed by atoms with Crippen LogP contribution in [-0.2, 0) is 4.74 Å². The summed E-state index contributed by atoms with van der Waals surface area (Å²) in [6.45, 7) is 4.31. The second kappa shape index (κ2) is 9.07. The zero-order chi connectivity index (χ0) is 22.0. The first-order valence-corrected chi connectivity index (χ1v) is 10.6. The molecule has 1 aliphatic rings. The van der Waals surface area contributed by atoms with Crippen molar-refractivity contribution in [2.75, 3.05) is 6.61 Å². The molecular formula is C22H22BrN3O5. The number of nitro groups is 1. The number of hydrogen-bond donors (Lipinski definition) is 0. The van der Waals surface area contributed by atoms with Crippen molar-refractivity contribution in [3.63, 3.8) is 0 Å². The molecule has 31 heavy (non-hydrogen) atoms. The Hall–Kier alpha value is -2.91. The minimum Gasteiger partial charge on any atom is -0.491 e. The molecule has 1 fully saturated rings. The fourth-order valence-electron chi connectivity index (χ4n) is 3.41. The molecule has 1 saturated heterocycles. The number of rotatable bonds is 7. The Morgan fingerprint density at radius 1 is 1.13 bits per heavy atom. The van der Waals surface area contributed by atoms with E-state index in [1.54, 1.807) is 4.57 Å². The number of nitrogens with zero attached hydrogens (tertiary/aromatic N) is 3. The fraction of sp³-hybridized carbons (Fsp3) is 0.318. The second-order valence-electron chi connectivity index (χ2n) is 7.48. The van der Waals surface area contributed by atoms with E-state index in [-0.39, 0.29) is 29.2 Å². The van der Waals surface area contributed by atoms with Gasteiger partial charge in [0.2, 0.25) is 6.33 Å². The third-order valence-electron chi connectivity index (χ3n) is 5.12. The van der Waals surface area contributed by atoms with Gasteiger partial charge in [0.1, 0.15) is 36.5 Å². The molecule has 0 radical (unpaired) electrons. The standard InChI is InChI=1S/C22H22BrN3O5/c1-14-3-7-16(8-4-14)29-12-19-18(30-17-9-5-15(2)6-10-17)11-20(31-19)25-13-24-22(21(25)23)26(27)28/h3-10,13,18-20H,11-12H2,1-2H3/t18-,19+,20+/m0/s1. The normalized spacial score (nSPS) is 20.5. The molecule has 3 atom stereocenters. The van der Waals surface area contributed by atoms with Crippen LogP contribution in [0.15, 0.2) is 59.5 Å². The highest BCUT2D eigenvalue weighted by atomic mass is 79.9. The predicted octanol–water partition coefficient (Wildman–Crippen LogP) is 4.98. The lowest BCUT2D eigenvalue weighted by Gasteiger charge is -2.20. The van der Waals surface area contributed by atoms with E-state index < -0.39 is 11.2 Å². The molecule has 8 nitrogen and oxygen atoms in total. The van der Waals surface area contributed by atoms with Gasteiger partial charge in [-0.05, 0) is 64.0 Å². The first-order chi connectivity index (χ1) is 14.9. The van der Waals surface area contributed by atoms with Gasteiger partial charge in [0.25, 0.3) is 0 Å². The minimum atomic E-state index is -0.534. The average molecular weight is 488 g/mol. The summed E-state index contributed by atoms with van der Waals surface area (Å²) in [5.74, 6) is 1.22. The van der Waals surface area contributed by atoms with E-state index in [2.05, 4.69) is 20.9 Å². The highest BCUT2D eigenvalue weighted by Gasteiger charge is 2.40. The summed E-state index contributed by atoms with van der Waals surface area (Å²) in [7, 11) is 0. The highest BCUT2D eigenvalue weighted by molar-refractivity contribution is 9.10. The first-order valence-electron chi connectivity index (χ1n) is 9.85. The van der Waals surface area contributed by atoms with Crippen LogP contribution in [0.5, 0.6) is 11.5 Å². The van der Waals surface area contributed by atoms with Gasteiger partial charge in [0.05, 0.1) is 0 Å². The number of aromatic nitrogens is 2. The maximum absolute atomic E-state index is 11.1. The molecule has 4 rings (SSSR count). The van der Waals surface area contributed by atoms with Gasteiger partial charge in [0.15, 0.2) is 4.60 Å². The molecule has 3 aromatic rings. The fourth-order valence-corrected chi connectivity index (χ4v) is 3.98. The molecule has 0 amide bonds. The molecule has 1 aliphatic heterocycles. The van der Waals surface area contributed by atoms with Crippen molar-refractivity contribution < 1.29 is 19.1 Å². The number of halogens is 1. The van der Waals surface area contributed by atoms with Crippen LogP contribution in [0, 0.1) is 24.0 Å². The van der Waals surface area contributed by atoms with Gasteiger partial charge in [-0.3, -0.25) is 4.57 Å². The van der Waals surface area contributed by atoms with E-state index in [0.717, 1.165) is 22.6 Å². The SMILES string of the molecule is Cc1ccc(OC[C@H]2O[C@@H](n3cnc([N+](=O)[O-])c3Br)C[C@@H]2Oc2ccc(C)cc2)cc1. The van der Waals surface area contributed by atoms with E-state index in [0.29, 0.717) is 6.42 Å². The zero-order valence-corrected chi connectivity index (χ0v) is 18.7. The monoisotopic (exact) mass is 487 g/mol. The van der Waals surface area contributed by atoms with Crippen LogP contribution in [0.3, 0.4) is 0 Å². The van der Waals surface area contributed by atoms with Gasteiger partial charge >= 0.3 is 5.82 Å². The Labute approximate surface area is 188 Å². The van der Waals surface area contributed by atoms with E-state index in [4.69, 9.17) is 14.2 Å². The average Bonchev–Trinajstić information content (AvgIpc) is 3.32. The highest BCUT2D eigenvalue weighted by Crippen LogP contribution is 2.36. The molecule has 162 valence electrons. The quantitative estimate of drug-likeness (QED) is 0.344. The maximum atomic E-state index is 11.1. The molecule has 9 heteroatoms. The third-order valence-corrected chi connectivity index (χ3v) is 5.89.